The van der Waals surface area contributed by atoms with Crippen molar-refractivity contribution in [2.75, 3.05) is 0 Å². The maximum Gasteiger partial charge on any atom is 0.283 e. The largest absolute Gasteiger partial charge is 0.340 e. The van der Waals surface area contributed by atoms with Gasteiger partial charge in [-0.05, 0) is 24.6 Å². The number of carbonyl (C=O) groups excluding carboxylic acids is 1. The first-order valence-electron chi connectivity index (χ1n) is 10.3. The summed E-state index contributed by atoms with van der Waals surface area (Å²) in [5, 5.41) is 6.72. The predicted octanol–water partition coefficient (Wildman–Crippen LogP) is 6.63. The molecule has 5 rings (SSSR count). The van der Waals surface area contributed by atoms with Crippen molar-refractivity contribution in [3.63, 3.8) is 0 Å². The number of para-hydroxylation sites is 1. The van der Waals surface area contributed by atoms with Gasteiger partial charge in [0.15, 0.2) is 0 Å². The molecular formula is C26H20ClN3OS. The second-order valence-electron chi connectivity index (χ2n) is 7.53. The number of hydrogen-bond donors (Lipinski definition) is 1. The summed E-state index contributed by atoms with van der Waals surface area (Å²) < 4.78 is 3.25. The second-order valence-corrected chi connectivity index (χ2v) is 8.96. The lowest BCUT2D eigenvalue weighted by molar-refractivity contribution is 0.0959. The topological polar surface area (TPSA) is 46.4 Å². The lowest BCUT2D eigenvalue weighted by Gasteiger charge is -2.08. The zero-order chi connectivity index (χ0) is 22.1. The van der Waals surface area contributed by atoms with Gasteiger partial charge in [-0.3, -0.25) is 4.79 Å². The molecule has 5 aromatic rings. The Morgan fingerprint density at radius 1 is 1.00 bits per heavy atom. The van der Waals surface area contributed by atoms with Crippen LogP contribution in [0.5, 0.6) is 0 Å². The van der Waals surface area contributed by atoms with E-state index in [1.54, 1.807) is 6.21 Å². The van der Waals surface area contributed by atoms with E-state index in [2.05, 4.69) is 46.3 Å². The number of nitrogens with zero attached hydrogens (tertiary/aromatic N) is 2. The fraction of sp³-hybridized carbons (Fsp3) is 0.0769. The number of hydrazone groups is 1. The molecule has 6 heteroatoms. The van der Waals surface area contributed by atoms with Gasteiger partial charge < -0.3 is 4.57 Å². The van der Waals surface area contributed by atoms with Crippen LogP contribution in [0.15, 0.2) is 84.0 Å². The maximum absolute atomic E-state index is 12.7. The lowest BCUT2D eigenvalue weighted by atomic mass is 10.1. The van der Waals surface area contributed by atoms with Crippen molar-refractivity contribution in [2.45, 2.75) is 13.5 Å². The van der Waals surface area contributed by atoms with E-state index in [0.29, 0.717) is 9.90 Å². The van der Waals surface area contributed by atoms with Gasteiger partial charge in [-0.2, -0.15) is 5.10 Å². The summed E-state index contributed by atoms with van der Waals surface area (Å²) in [6.07, 6.45) is 1.72. The van der Waals surface area contributed by atoms with E-state index < -0.39 is 0 Å². The highest BCUT2D eigenvalue weighted by atomic mass is 35.5. The van der Waals surface area contributed by atoms with Gasteiger partial charge in [0, 0.05) is 38.8 Å². The Bertz CT molecular complexity index is 1470. The number of fused-ring (bicyclic) bond motifs is 2. The summed E-state index contributed by atoms with van der Waals surface area (Å²) in [7, 11) is 0. The van der Waals surface area contributed by atoms with Crippen LogP contribution in [-0.2, 0) is 6.54 Å². The highest BCUT2D eigenvalue weighted by Gasteiger charge is 2.17. The summed E-state index contributed by atoms with van der Waals surface area (Å²) in [5.41, 5.74) is 7.09. The highest BCUT2D eigenvalue weighted by Crippen LogP contribution is 2.35. The van der Waals surface area contributed by atoms with Crippen LogP contribution in [0, 0.1) is 6.92 Å². The first kappa shape index (κ1) is 20.5. The SMILES string of the molecule is Cc1c(/C=N\NC(=O)c2sc3ccccc3c2Cl)c2ccccc2n1Cc1ccccc1. The molecule has 1 N–H and O–H groups in total. The van der Waals surface area contributed by atoms with Crippen LogP contribution in [0.1, 0.15) is 26.5 Å². The smallest absolute Gasteiger partial charge is 0.283 e. The molecule has 0 unspecified atom stereocenters. The molecule has 3 aromatic carbocycles. The Balaban J connectivity index is 1.44. The molecule has 0 aliphatic carbocycles. The third-order valence-electron chi connectivity index (χ3n) is 5.56. The fourth-order valence-corrected chi connectivity index (χ4v) is 5.36. The number of amides is 1. The van der Waals surface area contributed by atoms with E-state index in [4.69, 9.17) is 11.6 Å². The van der Waals surface area contributed by atoms with E-state index in [1.165, 1.54) is 16.9 Å². The highest BCUT2D eigenvalue weighted by molar-refractivity contribution is 7.21. The number of hydrogen-bond acceptors (Lipinski definition) is 3. The third kappa shape index (κ3) is 3.70. The summed E-state index contributed by atoms with van der Waals surface area (Å²) in [5.74, 6) is -0.307. The van der Waals surface area contributed by atoms with E-state index in [-0.39, 0.29) is 5.91 Å². The Morgan fingerprint density at radius 3 is 2.47 bits per heavy atom. The van der Waals surface area contributed by atoms with E-state index in [1.807, 2.05) is 54.6 Å². The number of aromatic nitrogens is 1. The van der Waals surface area contributed by atoms with Crippen LogP contribution in [0.3, 0.4) is 0 Å². The quantitative estimate of drug-likeness (QED) is 0.233. The number of nitrogens with one attached hydrogen (secondary N) is 1. The zero-order valence-electron chi connectivity index (χ0n) is 17.4. The zero-order valence-corrected chi connectivity index (χ0v) is 19.0. The summed E-state index contributed by atoms with van der Waals surface area (Å²) in [4.78, 5) is 13.2. The van der Waals surface area contributed by atoms with Crippen molar-refractivity contribution in [3.05, 3.63) is 106 Å². The van der Waals surface area contributed by atoms with Crippen molar-refractivity contribution in [1.82, 2.24) is 9.99 Å². The molecule has 0 bridgehead atoms. The van der Waals surface area contributed by atoms with Gasteiger partial charge >= 0.3 is 0 Å². The molecule has 0 fully saturated rings. The Morgan fingerprint density at radius 2 is 1.69 bits per heavy atom. The molecule has 0 atom stereocenters. The molecule has 1 amide bonds. The summed E-state index contributed by atoms with van der Waals surface area (Å²) in [6.45, 7) is 2.85. The average molecular weight is 458 g/mol. The Hall–Kier alpha value is -3.41. The van der Waals surface area contributed by atoms with Gasteiger partial charge in [0.05, 0.1) is 11.2 Å². The predicted molar refractivity (Wildman–Crippen MR) is 134 cm³/mol. The first-order chi connectivity index (χ1) is 15.6. The summed E-state index contributed by atoms with van der Waals surface area (Å²) >= 11 is 7.79. The van der Waals surface area contributed by atoms with E-state index >= 15 is 0 Å². The fourth-order valence-electron chi connectivity index (χ4n) is 3.96. The normalized spacial score (nSPS) is 11.6. The average Bonchev–Trinajstić information content (AvgIpc) is 3.30. The molecule has 158 valence electrons. The van der Waals surface area contributed by atoms with Crippen molar-refractivity contribution in [3.8, 4) is 0 Å². The monoisotopic (exact) mass is 457 g/mol. The first-order valence-corrected chi connectivity index (χ1v) is 11.4. The number of carbonyl (C=O) groups is 1. The van der Waals surface area contributed by atoms with Crippen molar-refractivity contribution in [2.24, 2.45) is 5.10 Å². The van der Waals surface area contributed by atoms with Crippen LogP contribution < -0.4 is 5.43 Å². The number of thiophene rings is 1. The molecule has 32 heavy (non-hydrogen) atoms. The van der Waals surface area contributed by atoms with Gasteiger partial charge in [0.2, 0.25) is 0 Å². The van der Waals surface area contributed by atoms with Crippen molar-refractivity contribution >= 4 is 56.0 Å². The van der Waals surface area contributed by atoms with Gasteiger partial charge in [-0.1, -0.05) is 78.3 Å². The lowest BCUT2D eigenvalue weighted by Crippen LogP contribution is -2.16. The molecule has 0 saturated carbocycles. The van der Waals surface area contributed by atoms with Crippen LogP contribution in [0.2, 0.25) is 5.02 Å². The number of halogens is 1. The van der Waals surface area contributed by atoms with Crippen LogP contribution in [-0.4, -0.2) is 16.7 Å². The van der Waals surface area contributed by atoms with Gasteiger partial charge in [0.1, 0.15) is 4.88 Å². The van der Waals surface area contributed by atoms with Crippen LogP contribution >= 0.6 is 22.9 Å². The van der Waals surface area contributed by atoms with Gasteiger partial charge in [0.25, 0.3) is 5.91 Å². The van der Waals surface area contributed by atoms with E-state index in [9.17, 15) is 4.79 Å². The molecule has 4 nitrogen and oxygen atoms in total. The maximum atomic E-state index is 12.7. The minimum absolute atomic E-state index is 0.307. The molecule has 0 spiro atoms. The van der Waals surface area contributed by atoms with Gasteiger partial charge in [-0.15, -0.1) is 11.3 Å². The number of rotatable bonds is 5. The van der Waals surface area contributed by atoms with Crippen LogP contribution in [0.4, 0.5) is 0 Å². The molecule has 0 aliphatic heterocycles. The Kier molecular flexibility index (Phi) is 5.52. The molecule has 0 aliphatic rings. The molecule has 0 saturated heterocycles. The molecule has 2 heterocycles. The molecule has 2 aromatic heterocycles. The van der Waals surface area contributed by atoms with E-state index in [0.717, 1.165) is 38.8 Å². The molecule has 0 radical (unpaired) electrons. The second kappa shape index (κ2) is 8.61. The summed E-state index contributed by atoms with van der Waals surface area (Å²) in [6, 6.07) is 26.3. The third-order valence-corrected chi connectivity index (χ3v) is 7.24. The minimum Gasteiger partial charge on any atom is -0.340 e. The standard InChI is InChI=1S/C26H20ClN3OS/c1-17-21(15-28-29-26(31)25-24(27)20-12-6-8-14-23(20)32-25)19-11-5-7-13-22(19)30(17)16-18-9-3-2-4-10-18/h2-15H,16H2,1H3,(H,29,31)/b28-15-. The number of benzene rings is 3. The van der Waals surface area contributed by atoms with Crippen molar-refractivity contribution in [1.29, 1.82) is 0 Å². The minimum atomic E-state index is -0.307. The molecular weight excluding hydrogens is 438 g/mol. The van der Waals surface area contributed by atoms with Crippen LogP contribution in [0.25, 0.3) is 21.0 Å². The van der Waals surface area contributed by atoms with Gasteiger partial charge in [-0.25, -0.2) is 5.43 Å². The Labute approximate surface area is 194 Å². The van der Waals surface area contributed by atoms with Crippen molar-refractivity contribution < 1.29 is 4.79 Å².